The number of nitrogens with zero attached hydrogens (tertiary/aromatic N) is 1. The average molecular weight is 344 g/mol. The molecule has 2 N–H and O–H groups in total. The molecule has 1 aliphatic rings. The predicted octanol–water partition coefficient (Wildman–Crippen LogP) is 3.76. The van der Waals surface area contributed by atoms with Gasteiger partial charge in [-0.15, -0.1) is 0 Å². The van der Waals surface area contributed by atoms with Crippen molar-refractivity contribution in [1.82, 2.24) is 4.90 Å². The number of halogens is 3. The van der Waals surface area contributed by atoms with Crippen molar-refractivity contribution >= 4 is 6.09 Å². The van der Waals surface area contributed by atoms with E-state index in [9.17, 15) is 18.0 Å². The lowest BCUT2D eigenvalue weighted by molar-refractivity contribution is -0.137. The van der Waals surface area contributed by atoms with Crippen molar-refractivity contribution in [1.29, 1.82) is 0 Å². The fraction of sp³-hybridized carbons (Fsp3) is 0.588. The number of hydrogen-bond donors (Lipinski definition) is 1. The van der Waals surface area contributed by atoms with Crippen LogP contribution in [0, 0.1) is 0 Å². The molecule has 1 amide bonds. The number of rotatable bonds is 1. The van der Waals surface area contributed by atoms with Gasteiger partial charge in [-0.1, -0.05) is 12.1 Å². The molecule has 2 unspecified atom stereocenters. The third-order valence-electron chi connectivity index (χ3n) is 3.98. The summed E-state index contributed by atoms with van der Waals surface area (Å²) in [4.78, 5) is 13.8. The summed E-state index contributed by atoms with van der Waals surface area (Å²) in [5.74, 6) is -0.214. The fourth-order valence-corrected chi connectivity index (χ4v) is 2.73. The van der Waals surface area contributed by atoms with Crippen molar-refractivity contribution in [2.45, 2.75) is 50.9 Å². The fourth-order valence-electron chi connectivity index (χ4n) is 2.73. The van der Waals surface area contributed by atoms with Gasteiger partial charge in [0, 0.05) is 25.0 Å². The highest BCUT2D eigenvalue weighted by Gasteiger charge is 2.34. The summed E-state index contributed by atoms with van der Waals surface area (Å²) in [5, 5.41) is 0. The summed E-state index contributed by atoms with van der Waals surface area (Å²) < 4.78 is 43.4. The number of alkyl halides is 3. The van der Waals surface area contributed by atoms with E-state index in [1.54, 1.807) is 25.7 Å². The Balaban J connectivity index is 2.12. The maximum atomic E-state index is 12.7. The highest BCUT2D eigenvalue weighted by Crippen LogP contribution is 2.32. The van der Waals surface area contributed by atoms with Gasteiger partial charge in [0.25, 0.3) is 0 Å². The van der Waals surface area contributed by atoms with Crippen LogP contribution in [0.2, 0.25) is 0 Å². The SMILES string of the molecule is CC(C)(C)OC(=O)N1CCC(N)C(c2ccc(C(F)(F)F)cc2)C1. The highest BCUT2D eigenvalue weighted by molar-refractivity contribution is 5.68. The van der Waals surface area contributed by atoms with Crippen LogP contribution in [0.5, 0.6) is 0 Å². The van der Waals surface area contributed by atoms with E-state index in [1.807, 2.05) is 0 Å². The Morgan fingerprint density at radius 1 is 1.21 bits per heavy atom. The molecule has 0 radical (unpaired) electrons. The van der Waals surface area contributed by atoms with E-state index in [-0.39, 0.29) is 12.0 Å². The molecule has 2 rings (SSSR count). The zero-order chi connectivity index (χ0) is 18.1. The van der Waals surface area contributed by atoms with Gasteiger partial charge in [-0.25, -0.2) is 4.79 Å². The van der Waals surface area contributed by atoms with E-state index >= 15 is 0 Å². The van der Waals surface area contributed by atoms with Gasteiger partial charge >= 0.3 is 12.3 Å². The molecule has 0 spiro atoms. The Morgan fingerprint density at radius 2 is 1.79 bits per heavy atom. The Bertz CT molecular complexity index is 579. The van der Waals surface area contributed by atoms with Gasteiger partial charge in [0.2, 0.25) is 0 Å². The van der Waals surface area contributed by atoms with E-state index < -0.39 is 23.4 Å². The van der Waals surface area contributed by atoms with Crippen LogP contribution in [-0.2, 0) is 10.9 Å². The molecule has 1 aromatic rings. The number of nitrogens with two attached hydrogens (primary N) is 1. The van der Waals surface area contributed by atoms with E-state index in [2.05, 4.69) is 0 Å². The second-order valence-corrected chi connectivity index (χ2v) is 7.11. The number of carbonyl (C=O) groups is 1. The molecule has 7 heteroatoms. The first-order chi connectivity index (χ1) is 11.0. The maximum Gasteiger partial charge on any atom is 0.416 e. The second-order valence-electron chi connectivity index (χ2n) is 7.11. The third-order valence-corrected chi connectivity index (χ3v) is 3.98. The highest BCUT2D eigenvalue weighted by atomic mass is 19.4. The molecule has 1 heterocycles. The first-order valence-corrected chi connectivity index (χ1v) is 7.88. The number of likely N-dealkylation sites (tertiary alicyclic amines) is 1. The molecule has 0 bridgehead atoms. The standard InChI is InChI=1S/C17H23F3N2O2/c1-16(2,3)24-15(23)22-9-8-14(21)13(10-22)11-4-6-12(7-5-11)17(18,19)20/h4-7,13-14H,8-10,21H2,1-3H3. The lowest BCUT2D eigenvalue weighted by atomic mass is 9.86. The minimum atomic E-state index is -4.37. The molecule has 1 aliphatic heterocycles. The Morgan fingerprint density at radius 3 is 2.29 bits per heavy atom. The van der Waals surface area contributed by atoms with Crippen LogP contribution in [-0.4, -0.2) is 35.7 Å². The molecule has 4 nitrogen and oxygen atoms in total. The molecule has 1 fully saturated rings. The van der Waals surface area contributed by atoms with E-state index in [0.717, 1.165) is 12.1 Å². The van der Waals surface area contributed by atoms with Crippen molar-refractivity contribution < 1.29 is 22.7 Å². The van der Waals surface area contributed by atoms with E-state index in [0.29, 0.717) is 25.1 Å². The monoisotopic (exact) mass is 344 g/mol. The minimum Gasteiger partial charge on any atom is -0.444 e. The van der Waals surface area contributed by atoms with Crippen LogP contribution in [0.25, 0.3) is 0 Å². The van der Waals surface area contributed by atoms with Crippen LogP contribution < -0.4 is 5.73 Å². The molecule has 2 atom stereocenters. The molecular weight excluding hydrogens is 321 g/mol. The number of benzene rings is 1. The largest absolute Gasteiger partial charge is 0.444 e. The van der Waals surface area contributed by atoms with Crippen molar-refractivity contribution in [2.24, 2.45) is 5.73 Å². The van der Waals surface area contributed by atoms with Crippen LogP contribution in [0.4, 0.5) is 18.0 Å². The average Bonchev–Trinajstić information content (AvgIpc) is 2.45. The molecule has 1 aromatic carbocycles. The molecule has 0 saturated carbocycles. The maximum absolute atomic E-state index is 12.7. The normalized spacial score (nSPS) is 22.4. The molecular formula is C17H23F3N2O2. The third kappa shape index (κ3) is 4.63. The van der Waals surface area contributed by atoms with Gasteiger partial charge in [0.15, 0.2) is 0 Å². The lowest BCUT2D eigenvalue weighted by Crippen LogP contribution is -2.49. The molecule has 134 valence electrons. The summed E-state index contributed by atoms with van der Waals surface area (Å²) in [7, 11) is 0. The van der Waals surface area contributed by atoms with E-state index in [4.69, 9.17) is 10.5 Å². The van der Waals surface area contributed by atoms with Crippen molar-refractivity contribution in [3.8, 4) is 0 Å². The molecule has 1 saturated heterocycles. The summed E-state index contributed by atoms with van der Waals surface area (Å²) in [6.07, 6.45) is -4.22. The van der Waals surface area contributed by atoms with Gasteiger partial charge in [-0.05, 0) is 44.9 Å². The van der Waals surface area contributed by atoms with Gasteiger partial charge in [-0.3, -0.25) is 0 Å². The smallest absolute Gasteiger partial charge is 0.416 e. The predicted molar refractivity (Wildman–Crippen MR) is 84.6 cm³/mol. The molecule has 24 heavy (non-hydrogen) atoms. The van der Waals surface area contributed by atoms with Gasteiger partial charge in [-0.2, -0.15) is 13.2 Å². The Hall–Kier alpha value is -1.76. The summed E-state index contributed by atoms with van der Waals surface area (Å²) in [6.45, 7) is 6.17. The van der Waals surface area contributed by atoms with Crippen molar-refractivity contribution in [3.05, 3.63) is 35.4 Å². The molecule has 0 aromatic heterocycles. The minimum absolute atomic E-state index is 0.208. The summed E-state index contributed by atoms with van der Waals surface area (Å²) in [5.41, 5.74) is 5.53. The number of amides is 1. The van der Waals surface area contributed by atoms with Crippen LogP contribution in [0.15, 0.2) is 24.3 Å². The van der Waals surface area contributed by atoms with Gasteiger partial charge in [0.1, 0.15) is 5.60 Å². The van der Waals surface area contributed by atoms with Crippen LogP contribution in [0.3, 0.4) is 0 Å². The number of carbonyl (C=O) groups excluding carboxylic acids is 1. The topological polar surface area (TPSA) is 55.6 Å². The quantitative estimate of drug-likeness (QED) is 0.844. The first kappa shape index (κ1) is 18.6. The number of piperidine rings is 1. The van der Waals surface area contributed by atoms with Crippen LogP contribution in [0.1, 0.15) is 44.2 Å². The zero-order valence-electron chi connectivity index (χ0n) is 14.1. The Kier molecular flexibility index (Phi) is 5.13. The van der Waals surface area contributed by atoms with Gasteiger partial charge in [0.05, 0.1) is 5.56 Å². The number of ether oxygens (including phenoxy) is 1. The van der Waals surface area contributed by atoms with Gasteiger partial charge < -0.3 is 15.4 Å². The van der Waals surface area contributed by atoms with Crippen LogP contribution >= 0.6 is 0 Å². The number of hydrogen-bond acceptors (Lipinski definition) is 3. The Labute approximate surface area is 139 Å². The summed E-state index contributed by atoms with van der Waals surface area (Å²) >= 11 is 0. The van der Waals surface area contributed by atoms with Crippen molar-refractivity contribution in [2.75, 3.05) is 13.1 Å². The summed E-state index contributed by atoms with van der Waals surface area (Å²) in [6, 6.07) is 4.77. The van der Waals surface area contributed by atoms with Crippen molar-refractivity contribution in [3.63, 3.8) is 0 Å². The second kappa shape index (κ2) is 6.63. The molecule has 0 aliphatic carbocycles. The zero-order valence-corrected chi connectivity index (χ0v) is 14.1. The van der Waals surface area contributed by atoms with E-state index in [1.165, 1.54) is 12.1 Å². The lowest BCUT2D eigenvalue weighted by Gasteiger charge is -2.37. The first-order valence-electron chi connectivity index (χ1n) is 7.88.